The molecule has 0 aromatic rings. The van der Waals surface area contributed by atoms with Gasteiger partial charge in [-0.2, -0.15) is 0 Å². The number of rotatable bonds is 3. The largest absolute Gasteiger partial charge is 0.369 e. The van der Waals surface area contributed by atoms with E-state index < -0.39 is 0 Å². The summed E-state index contributed by atoms with van der Waals surface area (Å²) in [6, 6.07) is 0. The van der Waals surface area contributed by atoms with Crippen molar-refractivity contribution in [1.82, 2.24) is 10.6 Å². The molecular formula is C6H10N2S4. The first-order valence-corrected chi connectivity index (χ1v) is 4.61. The van der Waals surface area contributed by atoms with Gasteiger partial charge in [0, 0.05) is 13.1 Å². The highest BCUT2D eigenvalue weighted by molar-refractivity contribution is 8.11. The minimum absolute atomic E-state index is 0.492. The molecule has 0 saturated heterocycles. The van der Waals surface area contributed by atoms with Gasteiger partial charge in [-0.05, 0) is 0 Å². The molecule has 0 heterocycles. The molecule has 2 nitrogen and oxygen atoms in total. The molecule has 0 aromatic carbocycles. The van der Waals surface area contributed by atoms with Crippen LogP contribution in [0.4, 0.5) is 0 Å². The molecule has 0 aliphatic carbocycles. The van der Waals surface area contributed by atoms with E-state index in [2.05, 4.69) is 73.2 Å². The maximum absolute atomic E-state index is 4.65. The lowest BCUT2D eigenvalue weighted by Crippen LogP contribution is -2.29. The third kappa shape index (κ3) is 16.6. The number of hydrogen-bond acceptors (Lipinski definition) is 2. The van der Waals surface area contributed by atoms with Gasteiger partial charge in [-0.15, -0.1) is 38.1 Å². The lowest BCUT2D eigenvalue weighted by atomic mass is 10.6. The van der Waals surface area contributed by atoms with Gasteiger partial charge in [0.1, 0.15) is 8.64 Å². The minimum atomic E-state index is 0.492. The lowest BCUT2D eigenvalue weighted by molar-refractivity contribution is 0.834. The standard InChI is InChI=1S/C4H8N2S4.C2H2/c7-3(8)5-1-2-6-4(9)10;1-2/h1-2H2,(H2,5,7,8)(H2,6,9,10);1-2H. The predicted octanol–water partition coefficient (Wildman–Crippen LogP) is 0.844. The molecule has 0 fully saturated rings. The molecule has 0 bridgehead atoms. The van der Waals surface area contributed by atoms with Gasteiger partial charge in [0.05, 0.1) is 0 Å². The molecule has 0 unspecified atom stereocenters. The van der Waals surface area contributed by atoms with Gasteiger partial charge in [-0.3, -0.25) is 0 Å². The highest BCUT2D eigenvalue weighted by atomic mass is 32.1. The molecule has 0 radical (unpaired) electrons. The molecule has 0 amide bonds. The Balaban J connectivity index is 0. The minimum Gasteiger partial charge on any atom is -0.369 e. The molecule has 0 aliphatic rings. The number of terminal acetylenes is 1. The van der Waals surface area contributed by atoms with Crippen molar-refractivity contribution in [2.24, 2.45) is 0 Å². The zero-order valence-corrected chi connectivity index (χ0v) is 9.70. The topological polar surface area (TPSA) is 24.1 Å². The summed E-state index contributed by atoms with van der Waals surface area (Å²) in [6.07, 6.45) is 8.00. The Labute approximate surface area is 94.7 Å². The third-order valence-corrected chi connectivity index (χ3v) is 1.28. The highest BCUT2D eigenvalue weighted by Gasteiger charge is 1.87. The quantitative estimate of drug-likeness (QED) is 0.253. The number of hydrogen-bond donors (Lipinski definition) is 4. The van der Waals surface area contributed by atoms with Crippen LogP contribution >= 0.6 is 49.7 Å². The van der Waals surface area contributed by atoms with E-state index in [1.165, 1.54) is 0 Å². The van der Waals surface area contributed by atoms with Crippen LogP contribution in [0.25, 0.3) is 0 Å². The maximum Gasteiger partial charge on any atom is 0.130 e. The summed E-state index contributed by atoms with van der Waals surface area (Å²) in [4.78, 5) is 0. The molecule has 12 heavy (non-hydrogen) atoms. The van der Waals surface area contributed by atoms with Crippen LogP contribution in [-0.2, 0) is 0 Å². The first-order valence-electron chi connectivity index (χ1n) is 2.90. The van der Waals surface area contributed by atoms with Crippen LogP contribution in [0.2, 0.25) is 0 Å². The number of thiol groups is 2. The smallest absolute Gasteiger partial charge is 0.130 e. The maximum atomic E-state index is 4.65. The zero-order valence-electron chi connectivity index (χ0n) is 6.28. The summed E-state index contributed by atoms with van der Waals surface area (Å²) in [5.41, 5.74) is 0. The fraction of sp³-hybridized carbons (Fsp3) is 0.333. The van der Waals surface area contributed by atoms with Crippen LogP contribution in [0.15, 0.2) is 0 Å². The van der Waals surface area contributed by atoms with Gasteiger partial charge in [0.2, 0.25) is 0 Å². The normalized spacial score (nSPS) is 7.33. The average molecular weight is 238 g/mol. The van der Waals surface area contributed by atoms with Crippen molar-refractivity contribution in [2.75, 3.05) is 13.1 Å². The molecule has 0 atom stereocenters. The van der Waals surface area contributed by atoms with Crippen molar-refractivity contribution in [3.8, 4) is 12.8 Å². The van der Waals surface area contributed by atoms with Crippen molar-refractivity contribution < 1.29 is 0 Å². The fourth-order valence-electron chi connectivity index (χ4n) is 0.339. The molecule has 0 rings (SSSR count). The SMILES string of the molecule is C#C.S=C(S)NCCNC(=S)S. The van der Waals surface area contributed by atoms with E-state index in [4.69, 9.17) is 0 Å². The van der Waals surface area contributed by atoms with Crippen LogP contribution in [0.3, 0.4) is 0 Å². The van der Waals surface area contributed by atoms with Gasteiger partial charge >= 0.3 is 0 Å². The van der Waals surface area contributed by atoms with Gasteiger partial charge in [-0.1, -0.05) is 24.4 Å². The second kappa shape index (κ2) is 11.0. The molecule has 68 valence electrons. The first kappa shape index (κ1) is 14.6. The fourth-order valence-corrected chi connectivity index (χ4v) is 0.767. The number of thiocarbonyl (C=S) groups is 2. The summed E-state index contributed by atoms with van der Waals surface area (Å²) >= 11 is 17.0. The van der Waals surface area contributed by atoms with Gasteiger partial charge < -0.3 is 10.6 Å². The second-order valence-electron chi connectivity index (χ2n) is 1.46. The van der Waals surface area contributed by atoms with Crippen molar-refractivity contribution in [2.45, 2.75) is 0 Å². The van der Waals surface area contributed by atoms with E-state index in [1.54, 1.807) is 0 Å². The van der Waals surface area contributed by atoms with Crippen molar-refractivity contribution in [3.05, 3.63) is 0 Å². The second-order valence-corrected chi connectivity index (χ2v) is 3.78. The van der Waals surface area contributed by atoms with Gasteiger partial charge in [0.15, 0.2) is 0 Å². The Kier molecular flexibility index (Phi) is 13.4. The van der Waals surface area contributed by atoms with Crippen LogP contribution in [0, 0.1) is 12.8 Å². The Hall–Kier alpha value is 0.0400. The molecule has 6 heteroatoms. The van der Waals surface area contributed by atoms with Gasteiger partial charge in [-0.25, -0.2) is 0 Å². The molecule has 0 aromatic heterocycles. The Morgan fingerprint density at radius 2 is 1.25 bits per heavy atom. The molecule has 0 saturated carbocycles. The number of nitrogens with one attached hydrogen (secondary N) is 2. The third-order valence-electron chi connectivity index (χ3n) is 0.677. The summed E-state index contributed by atoms with van der Waals surface area (Å²) < 4.78 is 0.985. The van der Waals surface area contributed by atoms with E-state index in [0.717, 1.165) is 0 Å². The monoisotopic (exact) mass is 238 g/mol. The Morgan fingerprint density at radius 1 is 1.00 bits per heavy atom. The molecular weight excluding hydrogens is 228 g/mol. The van der Waals surface area contributed by atoms with E-state index in [1.807, 2.05) is 0 Å². The molecule has 0 spiro atoms. The molecule has 0 aliphatic heterocycles. The predicted molar refractivity (Wildman–Crippen MR) is 69.1 cm³/mol. The first-order chi connectivity index (χ1) is 5.63. The summed E-state index contributed by atoms with van der Waals surface area (Å²) in [5.74, 6) is 0. The highest BCUT2D eigenvalue weighted by Crippen LogP contribution is 1.77. The lowest BCUT2D eigenvalue weighted by Gasteiger charge is -2.03. The Bertz CT molecular complexity index is 150. The van der Waals surface area contributed by atoms with E-state index in [9.17, 15) is 0 Å². The summed E-state index contributed by atoms with van der Waals surface area (Å²) in [7, 11) is 0. The molecule has 2 N–H and O–H groups in total. The van der Waals surface area contributed by atoms with Crippen molar-refractivity contribution in [3.63, 3.8) is 0 Å². The van der Waals surface area contributed by atoms with Crippen molar-refractivity contribution >= 4 is 58.3 Å². The van der Waals surface area contributed by atoms with Crippen LogP contribution < -0.4 is 10.6 Å². The van der Waals surface area contributed by atoms with Crippen molar-refractivity contribution in [1.29, 1.82) is 0 Å². The van der Waals surface area contributed by atoms with E-state index in [-0.39, 0.29) is 0 Å². The van der Waals surface area contributed by atoms with E-state index in [0.29, 0.717) is 21.7 Å². The van der Waals surface area contributed by atoms with Crippen LogP contribution in [0.1, 0.15) is 0 Å². The van der Waals surface area contributed by atoms with Crippen LogP contribution in [0.5, 0.6) is 0 Å². The summed E-state index contributed by atoms with van der Waals surface area (Å²) in [5, 5.41) is 5.68. The Morgan fingerprint density at radius 3 is 1.42 bits per heavy atom. The van der Waals surface area contributed by atoms with Crippen LogP contribution in [-0.4, -0.2) is 21.7 Å². The average Bonchev–Trinajstić information content (AvgIpc) is 2.02. The van der Waals surface area contributed by atoms with E-state index >= 15 is 0 Å². The van der Waals surface area contributed by atoms with Gasteiger partial charge in [0.25, 0.3) is 0 Å². The zero-order chi connectivity index (χ0) is 9.98. The summed E-state index contributed by atoms with van der Waals surface area (Å²) in [6.45, 7) is 1.42.